The van der Waals surface area contributed by atoms with Gasteiger partial charge in [-0.25, -0.2) is 0 Å². The Balaban J connectivity index is 1.96. The minimum absolute atomic E-state index is 0.296. The standard InChI is InChI=1S/C11H19N5/c1-11(2)5-7(11)6-14-9-4-8(13-3)15-10(12)16-9/h4,7H,5-6H2,1-3H3,(H4,12,13,14,15,16). The van der Waals surface area contributed by atoms with Crippen LogP contribution in [0, 0.1) is 11.3 Å². The molecule has 1 aromatic heterocycles. The van der Waals surface area contributed by atoms with Crippen molar-refractivity contribution in [3.8, 4) is 0 Å². The zero-order valence-electron chi connectivity index (χ0n) is 10.0. The summed E-state index contributed by atoms with van der Waals surface area (Å²) in [5, 5.41) is 6.26. The van der Waals surface area contributed by atoms with Crippen LogP contribution in [-0.2, 0) is 0 Å². The number of nitrogens with zero attached hydrogens (tertiary/aromatic N) is 2. The molecule has 1 saturated carbocycles. The third kappa shape index (κ3) is 2.35. The molecule has 1 aliphatic rings. The van der Waals surface area contributed by atoms with Gasteiger partial charge in [0, 0.05) is 19.7 Å². The lowest BCUT2D eigenvalue weighted by Gasteiger charge is -2.08. The van der Waals surface area contributed by atoms with Gasteiger partial charge in [-0.2, -0.15) is 9.97 Å². The predicted octanol–water partition coefficient (Wildman–Crippen LogP) is 1.56. The Morgan fingerprint density at radius 2 is 2.06 bits per heavy atom. The van der Waals surface area contributed by atoms with Crippen molar-refractivity contribution in [1.82, 2.24) is 9.97 Å². The minimum atomic E-state index is 0.296. The molecule has 5 nitrogen and oxygen atoms in total. The van der Waals surface area contributed by atoms with Crippen LogP contribution in [0.2, 0.25) is 0 Å². The van der Waals surface area contributed by atoms with E-state index >= 15 is 0 Å². The fourth-order valence-electron chi connectivity index (χ4n) is 1.84. The Hall–Kier alpha value is -1.52. The molecule has 16 heavy (non-hydrogen) atoms. The second kappa shape index (κ2) is 3.81. The van der Waals surface area contributed by atoms with E-state index < -0.39 is 0 Å². The first-order valence-corrected chi connectivity index (χ1v) is 5.57. The summed E-state index contributed by atoms with van der Waals surface area (Å²) in [6, 6.07) is 1.87. The summed E-state index contributed by atoms with van der Waals surface area (Å²) in [5.41, 5.74) is 6.09. The normalized spacial score (nSPS) is 21.6. The molecule has 0 aromatic carbocycles. The minimum Gasteiger partial charge on any atom is -0.373 e. The second-order valence-electron chi connectivity index (χ2n) is 5.02. The van der Waals surface area contributed by atoms with E-state index in [2.05, 4.69) is 34.4 Å². The van der Waals surface area contributed by atoms with Crippen molar-refractivity contribution in [3.05, 3.63) is 6.07 Å². The first-order chi connectivity index (χ1) is 7.51. The molecule has 1 atom stereocenters. The maximum Gasteiger partial charge on any atom is 0.223 e. The lowest BCUT2D eigenvalue weighted by atomic mass is 10.1. The molecule has 1 heterocycles. The molecular formula is C11H19N5. The number of nitrogens with one attached hydrogen (secondary N) is 2. The van der Waals surface area contributed by atoms with Gasteiger partial charge >= 0.3 is 0 Å². The Morgan fingerprint density at radius 3 is 2.62 bits per heavy atom. The molecule has 0 radical (unpaired) electrons. The van der Waals surface area contributed by atoms with Crippen molar-refractivity contribution in [2.24, 2.45) is 11.3 Å². The molecule has 0 amide bonds. The summed E-state index contributed by atoms with van der Waals surface area (Å²) in [4.78, 5) is 8.18. The van der Waals surface area contributed by atoms with Gasteiger partial charge < -0.3 is 16.4 Å². The lowest BCUT2D eigenvalue weighted by Crippen LogP contribution is -2.10. The number of nitrogen functional groups attached to an aromatic ring is 1. The van der Waals surface area contributed by atoms with Crippen molar-refractivity contribution >= 4 is 17.6 Å². The summed E-state index contributed by atoms with van der Waals surface area (Å²) in [5.74, 6) is 2.57. The van der Waals surface area contributed by atoms with Gasteiger partial charge in [-0.1, -0.05) is 13.8 Å². The van der Waals surface area contributed by atoms with Gasteiger partial charge in [0.2, 0.25) is 5.95 Å². The molecule has 1 fully saturated rings. The molecular weight excluding hydrogens is 202 g/mol. The van der Waals surface area contributed by atoms with Gasteiger partial charge in [-0.3, -0.25) is 0 Å². The summed E-state index contributed by atoms with van der Waals surface area (Å²) in [6.45, 7) is 5.52. The third-order valence-corrected chi connectivity index (χ3v) is 3.25. The highest BCUT2D eigenvalue weighted by Crippen LogP contribution is 2.51. The topological polar surface area (TPSA) is 75.9 Å². The van der Waals surface area contributed by atoms with Crippen LogP contribution in [0.1, 0.15) is 20.3 Å². The van der Waals surface area contributed by atoms with E-state index in [-0.39, 0.29) is 0 Å². The first-order valence-electron chi connectivity index (χ1n) is 5.57. The maximum absolute atomic E-state index is 5.61. The zero-order chi connectivity index (χ0) is 11.8. The molecule has 2 rings (SSSR count). The number of hydrogen-bond donors (Lipinski definition) is 3. The van der Waals surface area contributed by atoms with Crippen molar-refractivity contribution in [2.75, 3.05) is 30.0 Å². The smallest absolute Gasteiger partial charge is 0.223 e. The molecule has 0 aliphatic heterocycles. The highest BCUT2D eigenvalue weighted by atomic mass is 15.1. The highest BCUT2D eigenvalue weighted by molar-refractivity contribution is 5.50. The van der Waals surface area contributed by atoms with Crippen LogP contribution in [0.3, 0.4) is 0 Å². The number of anilines is 3. The van der Waals surface area contributed by atoms with Crippen LogP contribution >= 0.6 is 0 Å². The van der Waals surface area contributed by atoms with Crippen LogP contribution in [0.5, 0.6) is 0 Å². The molecule has 0 saturated heterocycles. The van der Waals surface area contributed by atoms with E-state index in [0.717, 1.165) is 24.1 Å². The molecule has 88 valence electrons. The molecule has 4 N–H and O–H groups in total. The van der Waals surface area contributed by atoms with Crippen LogP contribution in [0.25, 0.3) is 0 Å². The van der Waals surface area contributed by atoms with Crippen molar-refractivity contribution in [3.63, 3.8) is 0 Å². The van der Waals surface area contributed by atoms with Crippen LogP contribution in [0.15, 0.2) is 6.07 Å². The number of rotatable bonds is 4. The summed E-state index contributed by atoms with van der Waals surface area (Å²) in [6.07, 6.45) is 1.28. The summed E-state index contributed by atoms with van der Waals surface area (Å²) >= 11 is 0. The van der Waals surface area contributed by atoms with E-state index in [1.54, 1.807) is 0 Å². The zero-order valence-corrected chi connectivity index (χ0v) is 10.0. The predicted molar refractivity (Wildman–Crippen MR) is 66.4 cm³/mol. The van der Waals surface area contributed by atoms with Gasteiger partial charge in [0.05, 0.1) is 0 Å². The average molecular weight is 221 g/mol. The second-order valence-corrected chi connectivity index (χ2v) is 5.02. The molecule has 5 heteroatoms. The number of hydrogen-bond acceptors (Lipinski definition) is 5. The largest absolute Gasteiger partial charge is 0.373 e. The SMILES string of the molecule is CNc1cc(NCC2CC2(C)C)nc(N)n1. The van der Waals surface area contributed by atoms with Crippen molar-refractivity contribution in [2.45, 2.75) is 20.3 Å². The Bertz CT molecular complexity index is 388. The van der Waals surface area contributed by atoms with Crippen LogP contribution in [0.4, 0.5) is 17.6 Å². The Kier molecular flexibility index (Phi) is 2.61. The first kappa shape index (κ1) is 11.0. The summed E-state index contributed by atoms with van der Waals surface area (Å²) < 4.78 is 0. The van der Waals surface area contributed by atoms with E-state index in [4.69, 9.17) is 5.73 Å². The van der Waals surface area contributed by atoms with E-state index in [1.165, 1.54) is 6.42 Å². The van der Waals surface area contributed by atoms with E-state index in [0.29, 0.717) is 11.4 Å². The van der Waals surface area contributed by atoms with Crippen LogP contribution in [-0.4, -0.2) is 23.6 Å². The van der Waals surface area contributed by atoms with Gasteiger partial charge in [0.15, 0.2) is 0 Å². The fraction of sp³-hybridized carbons (Fsp3) is 0.636. The Morgan fingerprint density at radius 1 is 1.44 bits per heavy atom. The van der Waals surface area contributed by atoms with Crippen molar-refractivity contribution in [1.29, 1.82) is 0 Å². The van der Waals surface area contributed by atoms with Gasteiger partial charge in [0.1, 0.15) is 11.6 Å². The number of aromatic nitrogens is 2. The quantitative estimate of drug-likeness (QED) is 0.719. The van der Waals surface area contributed by atoms with Crippen molar-refractivity contribution < 1.29 is 0 Å². The fourth-order valence-corrected chi connectivity index (χ4v) is 1.84. The Labute approximate surface area is 95.9 Å². The lowest BCUT2D eigenvalue weighted by molar-refractivity contribution is 0.573. The van der Waals surface area contributed by atoms with Gasteiger partial charge in [0.25, 0.3) is 0 Å². The number of nitrogens with two attached hydrogens (primary N) is 1. The van der Waals surface area contributed by atoms with E-state index in [1.807, 2.05) is 13.1 Å². The van der Waals surface area contributed by atoms with Gasteiger partial charge in [-0.05, 0) is 17.8 Å². The molecule has 0 bridgehead atoms. The van der Waals surface area contributed by atoms with Gasteiger partial charge in [-0.15, -0.1) is 0 Å². The molecule has 1 aliphatic carbocycles. The third-order valence-electron chi connectivity index (χ3n) is 3.25. The average Bonchev–Trinajstić information content (AvgIpc) is 2.83. The molecule has 1 aromatic rings. The van der Waals surface area contributed by atoms with E-state index in [9.17, 15) is 0 Å². The van der Waals surface area contributed by atoms with Crippen LogP contribution < -0.4 is 16.4 Å². The summed E-state index contributed by atoms with van der Waals surface area (Å²) in [7, 11) is 1.82. The maximum atomic E-state index is 5.61. The molecule has 1 unspecified atom stereocenters. The molecule has 0 spiro atoms. The highest BCUT2D eigenvalue weighted by Gasteiger charge is 2.44. The monoisotopic (exact) mass is 221 g/mol.